The van der Waals surface area contributed by atoms with Crippen LogP contribution in [-0.4, -0.2) is 14.1 Å². The van der Waals surface area contributed by atoms with Crippen molar-refractivity contribution in [2.75, 3.05) is 0 Å². The van der Waals surface area contributed by atoms with Gasteiger partial charge in [-0.3, -0.25) is 0 Å². The first-order chi connectivity index (χ1) is 6.86. The molecule has 1 aliphatic rings. The Kier molecular flexibility index (Phi) is 3.76. The molecule has 2 rings (SSSR count). The Labute approximate surface area is 94.0 Å². The van der Waals surface area contributed by atoms with Crippen LogP contribution < -0.4 is 0 Å². The number of nitrogens with zero attached hydrogens (tertiary/aromatic N) is 2. The molecule has 1 aromatic heterocycles. The highest BCUT2D eigenvalue weighted by Gasteiger charge is 2.22. The lowest BCUT2D eigenvalue weighted by molar-refractivity contribution is 0.461. The monoisotopic (exact) mass is 230 g/mol. The zero-order valence-corrected chi connectivity index (χ0v) is 9.73. The molecule has 1 saturated carbocycles. The minimum Gasteiger partial charge on any atom is -0.181 e. The summed E-state index contributed by atoms with van der Waals surface area (Å²) in [5, 5.41) is 0.346. The molecule has 2 atom stereocenters. The van der Waals surface area contributed by atoms with Crippen molar-refractivity contribution in [2.45, 2.75) is 43.9 Å². The maximum Gasteiger partial charge on any atom is 0.0746 e. The third kappa shape index (κ3) is 2.67. The largest absolute Gasteiger partial charge is 0.181 e. The van der Waals surface area contributed by atoms with Gasteiger partial charge in [0.2, 0.25) is 0 Å². The van der Waals surface area contributed by atoms with Crippen molar-refractivity contribution in [1.29, 1.82) is 0 Å². The number of aromatic nitrogens is 2. The predicted octanol–water partition coefficient (Wildman–Crippen LogP) is 3.27. The van der Waals surface area contributed by atoms with Gasteiger partial charge in [-0.15, -0.1) is 11.6 Å². The lowest BCUT2D eigenvalue weighted by atomic mass is 9.95. The second kappa shape index (κ2) is 5.08. The van der Waals surface area contributed by atoms with Crippen molar-refractivity contribution in [3.8, 4) is 0 Å². The Morgan fingerprint density at radius 2 is 2.21 bits per heavy atom. The Hall–Kier alpha value is -0.150. The molecule has 2 nitrogen and oxygen atoms in total. The smallest absolute Gasteiger partial charge is 0.0746 e. The molecule has 0 bridgehead atoms. The highest BCUT2D eigenvalue weighted by atomic mass is 35.5. The van der Waals surface area contributed by atoms with Gasteiger partial charge in [-0.25, -0.2) is 0 Å². The lowest BCUT2D eigenvalue weighted by Crippen LogP contribution is -2.16. The van der Waals surface area contributed by atoms with Crippen LogP contribution in [-0.2, 0) is 6.42 Å². The van der Waals surface area contributed by atoms with Gasteiger partial charge in [0.05, 0.1) is 23.6 Å². The standard InChI is InChI=1S/C10H15ClN2S/c11-10-5-3-1-2-4-8(10)6-9-7-12-14-13-9/h7-8,10H,1-6H2. The van der Waals surface area contributed by atoms with Crippen LogP contribution in [0.1, 0.15) is 37.8 Å². The molecule has 0 aromatic carbocycles. The Bertz CT molecular complexity index is 263. The predicted molar refractivity (Wildman–Crippen MR) is 59.8 cm³/mol. The van der Waals surface area contributed by atoms with Crippen molar-refractivity contribution in [3.63, 3.8) is 0 Å². The van der Waals surface area contributed by atoms with Gasteiger partial charge in [0.25, 0.3) is 0 Å². The molecule has 0 N–H and O–H groups in total. The highest BCUT2D eigenvalue weighted by Crippen LogP contribution is 2.29. The first kappa shape index (κ1) is 10.4. The first-order valence-electron chi connectivity index (χ1n) is 5.27. The summed E-state index contributed by atoms with van der Waals surface area (Å²) in [7, 11) is 0. The summed E-state index contributed by atoms with van der Waals surface area (Å²) >= 11 is 7.65. The van der Waals surface area contributed by atoms with Crippen molar-refractivity contribution in [3.05, 3.63) is 11.9 Å². The van der Waals surface area contributed by atoms with Gasteiger partial charge in [-0.1, -0.05) is 19.3 Å². The number of hydrogen-bond donors (Lipinski definition) is 0. The van der Waals surface area contributed by atoms with Crippen molar-refractivity contribution in [2.24, 2.45) is 5.92 Å². The summed E-state index contributed by atoms with van der Waals surface area (Å²) < 4.78 is 8.27. The van der Waals surface area contributed by atoms with Crippen LogP contribution in [0.2, 0.25) is 0 Å². The van der Waals surface area contributed by atoms with Crippen molar-refractivity contribution >= 4 is 23.3 Å². The molecule has 14 heavy (non-hydrogen) atoms. The van der Waals surface area contributed by atoms with Gasteiger partial charge in [0.1, 0.15) is 0 Å². The minimum atomic E-state index is 0.346. The third-order valence-electron chi connectivity index (χ3n) is 2.94. The van der Waals surface area contributed by atoms with Gasteiger partial charge >= 0.3 is 0 Å². The third-order valence-corrected chi connectivity index (χ3v) is 4.04. The zero-order valence-electron chi connectivity index (χ0n) is 8.16. The van der Waals surface area contributed by atoms with Crippen molar-refractivity contribution < 1.29 is 0 Å². The van der Waals surface area contributed by atoms with Crippen LogP contribution in [0.15, 0.2) is 6.20 Å². The molecule has 0 saturated heterocycles. The van der Waals surface area contributed by atoms with E-state index in [1.165, 1.54) is 43.8 Å². The van der Waals surface area contributed by atoms with Crippen LogP contribution in [0, 0.1) is 5.92 Å². The normalized spacial score (nSPS) is 28.6. The SMILES string of the molecule is ClC1CCCCCC1Cc1cnsn1. The van der Waals surface area contributed by atoms with Gasteiger partial charge < -0.3 is 0 Å². The van der Waals surface area contributed by atoms with E-state index in [1.807, 2.05) is 6.20 Å². The van der Waals surface area contributed by atoms with E-state index in [-0.39, 0.29) is 0 Å². The van der Waals surface area contributed by atoms with E-state index in [0.717, 1.165) is 12.1 Å². The number of alkyl halides is 1. The van der Waals surface area contributed by atoms with Gasteiger partial charge in [0, 0.05) is 5.38 Å². The Morgan fingerprint density at radius 1 is 1.36 bits per heavy atom. The summed E-state index contributed by atoms with van der Waals surface area (Å²) in [6.07, 6.45) is 9.28. The van der Waals surface area contributed by atoms with E-state index in [2.05, 4.69) is 8.75 Å². The number of halogens is 1. The van der Waals surface area contributed by atoms with Gasteiger partial charge in [0.15, 0.2) is 0 Å². The van der Waals surface area contributed by atoms with Crippen LogP contribution in [0.3, 0.4) is 0 Å². The molecular weight excluding hydrogens is 216 g/mol. The molecule has 0 radical (unpaired) electrons. The number of hydrogen-bond acceptors (Lipinski definition) is 3. The molecule has 1 fully saturated rings. The molecule has 0 spiro atoms. The maximum atomic E-state index is 6.36. The first-order valence-corrected chi connectivity index (χ1v) is 6.43. The molecule has 0 amide bonds. The van der Waals surface area contributed by atoms with E-state index >= 15 is 0 Å². The van der Waals surface area contributed by atoms with Crippen LogP contribution in [0.25, 0.3) is 0 Å². The molecule has 2 unspecified atom stereocenters. The van der Waals surface area contributed by atoms with E-state index in [4.69, 9.17) is 11.6 Å². The summed E-state index contributed by atoms with van der Waals surface area (Å²) in [5.41, 5.74) is 1.12. The fourth-order valence-corrected chi connectivity index (χ4v) is 2.92. The minimum absolute atomic E-state index is 0.346. The second-order valence-electron chi connectivity index (χ2n) is 4.02. The highest BCUT2D eigenvalue weighted by molar-refractivity contribution is 6.99. The van der Waals surface area contributed by atoms with Gasteiger partial charge in [-0.2, -0.15) is 8.75 Å². The Morgan fingerprint density at radius 3 is 3.00 bits per heavy atom. The molecular formula is C10H15ClN2S. The quantitative estimate of drug-likeness (QED) is 0.576. The zero-order chi connectivity index (χ0) is 9.80. The summed E-state index contributed by atoms with van der Waals surface area (Å²) in [5.74, 6) is 0.614. The van der Waals surface area contributed by atoms with E-state index in [0.29, 0.717) is 11.3 Å². The average Bonchev–Trinajstić information content (AvgIpc) is 2.60. The maximum absolute atomic E-state index is 6.36. The van der Waals surface area contributed by atoms with Gasteiger partial charge in [-0.05, 0) is 25.2 Å². The van der Waals surface area contributed by atoms with Crippen molar-refractivity contribution in [1.82, 2.24) is 8.75 Å². The van der Waals surface area contributed by atoms with E-state index in [1.54, 1.807) is 0 Å². The second-order valence-corrected chi connectivity index (χ2v) is 5.13. The van der Waals surface area contributed by atoms with Crippen LogP contribution in [0.5, 0.6) is 0 Å². The topological polar surface area (TPSA) is 25.8 Å². The molecule has 1 heterocycles. The van der Waals surface area contributed by atoms with E-state index in [9.17, 15) is 0 Å². The fourth-order valence-electron chi connectivity index (χ4n) is 2.11. The van der Waals surface area contributed by atoms with E-state index < -0.39 is 0 Å². The summed E-state index contributed by atoms with van der Waals surface area (Å²) in [6, 6.07) is 0. The average molecular weight is 231 g/mol. The molecule has 1 aromatic rings. The van der Waals surface area contributed by atoms with Crippen LogP contribution >= 0.6 is 23.3 Å². The summed E-state index contributed by atoms with van der Waals surface area (Å²) in [4.78, 5) is 0. The lowest BCUT2D eigenvalue weighted by Gasteiger charge is -2.17. The molecule has 4 heteroatoms. The fraction of sp³-hybridized carbons (Fsp3) is 0.800. The number of rotatable bonds is 2. The molecule has 78 valence electrons. The van der Waals surface area contributed by atoms with Crippen LogP contribution in [0.4, 0.5) is 0 Å². The molecule has 1 aliphatic carbocycles. The molecule has 0 aliphatic heterocycles. The summed E-state index contributed by atoms with van der Waals surface area (Å²) in [6.45, 7) is 0. The Balaban J connectivity index is 1.94.